The Balaban J connectivity index is 0. The third-order valence-electron chi connectivity index (χ3n) is 2.92. The maximum absolute atomic E-state index is 11.8. The van der Waals surface area contributed by atoms with E-state index in [0.717, 1.165) is 6.54 Å². The molecular weight excluding hydrogens is 299 g/mol. The third-order valence-corrected chi connectivity index (χ3v) is 2.92. The van der Waals surface area contributed by atoms with Crippen LogP contribution < -0.4 is 11.1 Å². The number of hydrogen-bond donors (Lipinski definition) is 2. The summed E-state index contributed by atoms with van der Waals surface area (Å²) in [5.41, 5.74) is 5.68. The number of carbonyl (C=O) groups is 1. The molecule has 0 aliphatic heterocycles. The molecule has 0 bridgehead atoms. The van der Waals surface area contributed by atoms with Gasteiger partial charge in [0.05, 0.1) is 12.4 Å². The molecule has 1 unspecified atom stereocenters. The summed E-state index contributed by atoms with van der Waals surface area (Å²) in [5.74, 6) is 0.260. The van der Waals surface area contributed by atoms with Crippen molar-refractivity contribution in [2.45, 2.75) is 40.3 Å². The van der Waals surface area contributed by atoms with Gasteiger partial charge < -0.3 is 15.6 Å². The van der Waals surface area contributed by atoms with Gasteiger partial charge in [-0.3, -0.25) is 4.79 Å². The summed E-state index contributed by atoms with van der Waals surface area (Å²) < 4.78 is 2.00. The second-order valence-electron chi connectivity index (χ2n) is 5.95. The molecule has 7 heteroatoms. The number of nitrogens with zero attached hydrogens (tertiary/aromatic N) is 2. The van der Waals surface area contributed by atoms with Crippen LogP contribution in [0.25, 0.3) is 0 Å². The number of aromatic nitrogens is 2. The number of amides is 1. The molecule has 0 radical (unpaired) electrons. The first kappa shape index (κ1) is 21.5. The number of carbonyl (C=O) groups excluding carboxylic acids is 1. The lowest BCUT2D eigenvalue weighted by atomic mass is 9.87. The fraction of sp³-hybridized carbons (Fsp3) is 0.692. The SMILES string of the molecule is CC(CNC(=O)[C@@H](N)C(C)(C)C)Cn1ccnc1.Cl.Cl. The summed E-state index contributed by atoms with van der Waals surface area (Å²) in [4.78, 5) is 15.8. The molecule has 0 spiro atoms. The minimum Gasteiger partial charge on any atom is -0.354 e. The molecule has 0 aliphatic carbocycles. The number of nitrogens with two attached hydrogens (primary N) is 1. The zero-order valence-corrected chi connectivity index (χ0v) is 14.1. The highest BCUT2D eigenvalue weighted by molar-refractivity contribution is 5.85. The second-order valence-corrected chi connectivity index (χ2v) is 5.95. The van der Waals surface area contributed by atoms with E-state index >= 15 is 0 Å². The summed E-state index contributed by atoms with van der Waals surface area (Å²) in [5, 5.41) is 2.90. The first-order chi connectivity index (χ1) is 8.30. The molecule has 2 atom stereocenters. The average Bonchev–Trinajstić information content (AvgIpc) is 2.76. The summed E-state index contributed by atoms with van der Waals surface area (Å²) in [6, 6.07) is -0.474. The van der Waals surface area contributed by atoms with Crippen LogP contribution >= 0.6 is 24.8 Å². The van der Waals surface area contributed by atoms with Crippen molar-refractivity contribution >= 4 is 30.7 Å². The fourth-order valence-electron chi connectivity index (χ4n) is 1.60. The number of nitrogens with one attached hydrogen (secondary N) is 1. The first-order valence-corrected chi connectivity index (χ1v) is 6.29. The van der Waals surface area contributed by atoms with Crippen molar-refractivity contribution in [2.24, 2.45) is 17.1 Å². The lowest BCUT2D eigenvalue weighted by Crippen LogP contribution is -2.49. The summed E-state index contributed by atoms with van der Waals surface area (Å²) in [6.07, 6.45) is 5.44. The summed E-state index contributed by atoms with van der Waals surface area (Å²) >= 11 is 0. The molecular formula is C13H26Cl2N4O. The monoisotopic (exact) mass is 324 g/mol. The van der Waals surface area contributed by atoms with E-state index in [1.54, 1.807) is 12.5 Å². The van der Waals surface area contributed by atoms with Gasteiger partial charge in [-0.05, 0) is 11.3 Å². The van der Waals surface area contributed by atoms with Crippen LogP contribution in [0.1, 0.15) is 27.7 Å². The van der Waals surface area contributed by atoms with E-state index in [9.17, 15) is 4.79 Å². The largest absolute Gasteiger partial charge is 0.354 e. The molecule has 0 aliphatic rings. The van der Waals surface area contributed by atoms with Gasteiger partial charge in [0.15, 0.2) is 0 Å². The predicted octanol–water partition coefficient (Wildman–Crippen LogP) is 1.85. The van der Waals surface area contributed by atoms with Gasteiger partial charge in [-0.1, -0.05) is 27.7 Å². The standard InChI is InChI=1S/C13H24N4O.2ClH/c1-10(8-17-6-5-15-9-17)7-16-12(18)11(14)13(2,3)4;;/h5-6,9-11H,7-8,14H2,1-4H3,(H,16,18);2*1H/t10?,11-;;/m1../s1. The van der Waals surface area contributed by atoms with E-state index < -0.39 is 6.04 Å². The molecule has 0 aromatic carbocycles. The van der Waals surface area contributed by atoms with Crippen LogP contribution in [0.2, 0.25) is 0 Å². The van der Waals surface area contributed by atoms with Gasteiger partial charge in [0, 0.05) is 25.5 Å². The molecule has 1 aromatic heterocycles. The molecule has 5 nitrogen and oxygen atoms in total. The van der Waals surface area contributed by atoms with Crippen molar-refractivity contribution in [1.29, 1.82) is 0 Å². The molecule has 1 heterocycles. The van der Waals surface area contributed by atoms with Crippen LogP contribution in [0.4, 0.5) is 0 Å². The van der Waals surface area contributed by atoms with E-state index in [4.69, 9.17) is 5.73 Å². The number of rotatable bonds is 5. The first-order valence-electron chi connectivity index (χ1n) is 6.29. The van der Waals surface area contributed by atoms with Crippen LogP contribution in [0.5, 0.6) is 0 Å². The molecule has 0 saturated carbocycles. The predicted molar refractivity (Wildman–Crippen MR) is 86.3 cm³/mol. The highest BCUT2D eigenvalue weighted by Gasteiger charge is 2.27. The highest BCUT2D eigenvalue weighted by atomic mass is 35.5. The Hall–Kier alpha value is -0.780. The fourth-order valence-corrected chi connectivity index (χ4v) is 1.60. The molecule has 118 valence electrons. The van der Waals surface area contributed by atoms with Crippen LogP contribution in [-0.4, -0.2) is 28.0 Å². The van der Waals surface area contributed by atoms with Gasteiger partial charge in [0.1, 0.15) is 0 Å². The van der Waals surface area contributed by atoms with E-state index in [1.807, 2.05) is 31.5 Å². The molecule has 1 aromatic rings. The Morgan fingerprint density at radius 2 is 2.00 bits per heavy atom. The van der Waals surface area contributed by atoms with Crippen molar-refractivity contribution in [3.63, 3.8) is 0 Å². The second kappa shape index (κ2) is 9.21. The Labute approximate surface area is 133 Å². The zero-order chi connectivity index (χ0) is 13.8. The highest BCUT2D eigenvalue weighted by Crippen LogP contribution is 2.17. The average molecular weight is 325 g/mol. The van der Waals surface area contributed by atoms with E-state index in [1.165, 1.54) is 0 Å². The molecule has 1 rings (SSSR count). The van der Waals surface area contributed by atoms with Gasteiger partial charge in [0.2, 0.25) is 5.91 Å². The summed E-state index contributed by atoms with van der Waals surface area (Å²) in [7, 11) is 0. The molecule has 20 heavy (non-hydrogen) atoms. The Morgan fingerprint density at radius 1 is 1.40 bits per heavy atom. The topological polar surface area (TPSA) is 72.9 Å². The van der Waals surface area contributed by atoms with E-state index in [-0.39, 0.29) is 36.1 Å². The van der Waals surface area contributed by atoms with Gasteiger partial charge in [-0.25, -0.2) is 4.98 Å². The van der Waals surface area contributed by atoms with Gasteiger partial charge in [-0.2, -0.15) is 0 Å². The molecule has 0 saturated heterocycles. The van der Waals surface area contributed by atoms with Gasteiger partial charge in [-0.15, -0.1) is 24.8 Å². The van der Waals surface area contributed by atoms with Crippen molar-refractivity contribution < 1.29 is 4.79 Å². The minimum atomic E-state index is -0.474. The number of hydrogen-bond acceptors (Lipinski definition) is 3. The zero-order valence-electron chi connectivity index (χ0n) is 12.5. The van der Waals surface area contributed by atoms with E-state index in [0.29, 0.717) is 12.5 Å². The minimum absolute atomic E-state index is 0. The van der Waals surface area contributed by atoms with Crippen LogP contribution in [-0.2, 0) is 11.3 Å². The lowest BCUT2D eigenvalue weighted by molar-refractivity contribution is -0.124. The maximum atomic E-state index is 11.8. The van der Waals surface area contributed by atoms with Crippen molar-refractivity contribution in [2.75, 3.05) is 6.54 Å². The Kier molecular flexibility index (Phi) is 9.91. The quantitative estimate of drug-likeness (QED) is 0.868. The Bertz CT molecular complexity index is 376. The number of imidazole rings is 1. The van der Waals surface area contributed by atoms with Crippen molar-refractivity contribution in [1.82, 2.24) is 14.9 Å². The van der Waals surface area contributed by atoms with E-state index in [2.05, 4.69) is 17.2 Å². The van der Waals surface area contributed by atoms with Gasteiger partial charge >= 0.3 is 0 Å². The molecule has 1 amide bonds. The normalized spacial score (nSPS) is 13.7. The van der Waals surface area contributed by atoms with Crippen LogP contribution in [0.3, 0.4) is 0 Å². The maximum Gasteiger partial charge on any atom is 0.237 e. The van der Waals surface area contributed by atoms with Crippen molar-refractivity contribution in [3.8, 4) is 0 Å². The van der Waals surface area contributed by atoms with Crippen LogP contribution in [0.15, 0.2) is 18.7 Å². The molecule has 3 N–H and O–H groups in total. The van der Waals surface area contributed by atoms with Gasteiger partial charge in [0.25, 0.3) is 0 Å². The smallest absolute Gasteiger partial charge is 0.237 e. The van der Waals surface area contributed by atoms with Crippen molar-refractivity contribution in [3.05, 3.63) is 18.7 Å². The Morgan fingerprint density at radius 3 is 2.45 bits per heavy atom. The van der Waals surface area contributed by atoms with Crippen LogP contribution in [0, 0.1) is 11.3 Å². The lowest BCUT2D eigenvalue weighted by Gasteiger charge is -2.26. The summed E-state index contributed by atoms with van der Waals surface area (Å²) in [6.45, 7) is 9.44. The number of halogens is 2. The third kappa shape index (κ3) is 7.12. The molecule has 0 fully saturated rings.